The van der Waals surface area contributed by atoms with E-state index in [0.717, 1.165) is 5.57 Å². The molecule has 160 valence electrons. The molecule has 2 aromatic rings. The van der Waals surface area contributed by atoms with Crippen molar-refractivity contribution in [3.8, 4) is 5.75 Å². The highest BCUT2D eigenvalue weighted by Crippen LogP contribution is 2.37. The molecule has 10 heteroatoms. The van der Waals surface area contributed by atoms with E-state index in [1.165, 1.54) is 6.07 Å². The third-order valence-corrected chi connectivity index (χ3v) is 5.64. The Labute approximate surface area is 176 Å². The summed E-state index contributed by atoms with van der Waals surface area (Å²) < 4.78 is 60.3. The van der Waals surface area contributed by atoms with Gasteiger partial charge in [-0.25, -0.2) is 8.78 Å². The largest absolute Gasteiger partial charge is 0.471 e. The first-order chi connectivity index (χ1) is 14.6. The fraction of sp³-hybridized carbons (Fsp3) is 0.143. The minimum absolute atomic E-state index is 0.0634. The van der Waals surface area contributed by atoms with Crippen LogP contribution in [0, 0.1) is 17.6 Å². The highest BCUT2D eigenvalue weighted by atomic mass is 32.3. The van der Waals surface area contributed by atoms with Crippen molar-refractivity contribution in [1.82, 2.24) is 5.06 Å². The Morgan fingerprint density at radius 2 is 1.71 bits per heavy atom. The van der Waals surface area contributed by atoms with Gasteiger partial charge in [0, 0.05) is 29.3 Å². The minimum atomic E-state index is -5.08. The van der Waals surface area contributed by atoms with Crippen molar-refractivity contribution in [2.75, 3.05) is 0 Å². The van der Waals surface area contributed by atoms with Gasteiger partial charge in [-0.2, -0.15) is 8.42 Å². The van der Waals surface area contributed by atoms with Crippen molar-refractivity contribution in [1.29, 1.82) is 0 Å². The van der Waals surface area contributed by atoms with Gasteiger partial charge in [-0.15, -0.1) is 9.35 Å². The van der Waals surface area contributed by atoms with Gasteiger partial charge in [0.1, 0.15) is 11.6 Å². The first-order valence-electron chi connectivity index (χ1n) is 9.08. The Morgan fingerprint density at radius 1 is 1.03 bits per heavy atom. The number of benzene rings is 2. The standard InChI is InChI=1S/C21H15F2NO6S/c1-11-6-13-4-3-5-17-19(13)18(7-12(11)2)21(26)24(20(17)25)30-31(27,28)29-16-9-14(22)8-15(23)10-16/h3-10,12H,1-2H3. The van der Waals surface area contributed by atoms with Crippen molar-refractivity contribution in [2.45, 2.75) is 13.8 Å². The van der Waals surface area contributed by atoms with Gasteiger partial charge in [0.05, 0.1) is 5.56 Å². The van der Waals surface area contributed by atoms with Gasteiger partial charge in [-0.1, -0.05) is 36.8 Å². The molecule has 2 amide bonds. The number of allylic oxidation sites excluding steroid dienone is 2. The summed E-state index contributed by atoms with van der Waals surface area (Å²) in [5.41, 5.74) is 2.12. The van der Waals surface area contributed by atoms with Crippen LogP contribution >= 0.6 is 0 Å². The number of amides is 2. The van der Waals surface area contributed by atoms with Crippen LogP contribution in [-0.2, 0) is 19.5 Å². The molecule has 31 heavy (non-hydrogen) atoms. The molecule has 0 saturated heterocycles. The van der Waals surface area contributed by atoms with Gasteiger partial charge in [0.25, 0.3) is 11.8 Å². The zero-order valence-corrected chi connectivity index (χ0v) is 17.1. The summed E-state index contributed by atoms with van der Waals surface area (Å²) >= 11 is 0. The fourth-order valence-corrected chi connectivity index (χ4v) is 4.05. The van der Waals surface area contributed by atoms with Gasteiger partial charge in [0.2, 0.25) is 0 Å². The maximum Gasteiger partial charge on any atom is 0.471 e. The Hall–Kier alpha value is -3.37. The van der Waals surface area contributed by atoms with Crippen LogP contribution in [0.25, 0.3) is 11.6 Å². The summed E-state index contributed by atoms with van der Waals surface area (Å²) in [5, 5.41) is 0.0658. The molecule has 1 aliphatic heterocycles. The number of nitrogens with zero attached hydrogens (tertiary/aromatic N) is 1. The van der Waals surface area contributed by atoms with Crippen molar-refractivity contribution in [3.63, 3.8) is 0 Å². The molecule has 0 N–H and O–H groups in total. The van der Waals surface area contributed by atoms with E-state index < -0.39 is 39.6 Å². The summed E-state index contributed by atoms with van der Waals surface area (Å²) in [5.74, 6) is -5.08. The molecule has 0 spiro atoms. The van der Waals surface area contributed by atoms with Gasteiger partial charge in [-0.3, -0.25) is 9.59 Å². The van der Waals surface area contributed by atoms with Crippen LogP contribution in [0.2, 0.25) is 0 Å². The van der Waals surface area contributed by atoms with E-state index in [2.05, 4.69) is 8.47 Å². The van der Waals surface area contributed by atoms with Gasteiger partial charge in [-0.05, 0) is 24.5 Å². The Bertz CT molecular complexity index is 1280. The zero-order chi connectivity index (χ0) is 22.5. The highest BCUT2D eigenvalue weighted by molar-refractivity contribution is 7.82. The first kappa shape index (κ1) is 20.9. The molecule has 0 fully saturated rings. The number of hydrogen-bond acceptors (Lipinski definition) is 6. The van der Waals surface area contributed by atoms with Crippen LogP contribution < -0.4 is 4.18 Å². The Morgan fingerprint density at radius 3 is 2.39 bits per heavy atom. The summed E-state index contributed by atoms with van der Waals surface area (Å²) in [6, 6.07) is 6.50. The third-order valence-electron chi connectivity index (χ3n) is 4.91. The van der Waals surface area contributed by atoms with E-state index >= 15 is 0 Å². The fourth-order valence-electron chi connectivity index (χ4n) is 3.37. The maximum absolute atomic E-state index is 13.3. The molecular formula is C21H15F2NO6S. The number of hydroxylamine groups is 2. The molecule has 4 rings (SSSR count). The molecule has 2 aliphatic rings. The zero-order valence-electron chi connectivity index (χ0n) is 16.3. The van der Waals surface area contributed by atoms with Crippen LogP contribution in [0.3, 0.4) is 0 Å². The second-order valence-electron chi connectivity index (χ2n) is 7.10. The van der Waals surface area contributed by atoms with Crippen molar-refractivity contribution in [3.05, 3.63) is 76.4 Å². The normalized spacial score (nSPS) is 18.2. The lowest BCUT2D eigenvalue weighted by atomic mass is 9.90. The number of halogens is 2. The van der Waals surface area contributed by atoms with Crippen LogP contribution in [0.4, 0.5) is 8.78 Å². The highest BCUT2D eigenvalue weighted by Gasteiger charge is 2.41. The second kappa shape index (κ2) is 7.40. The second-order valence-corrected chi connectivity index (χ2v) is 8.24. The third kappa shape index (κ3) is 3.87. The number of rotatable bonds is 4. The molecule has 7 nitrogen and oxygen atoms in total. The SMILES string of the molecule is CC1=Cc2cccc3c2C(=CC1C)C(=O)N(OS(=O)(=O)Oc1cc(F)cc(F)c1)C3=O. The summed E-state index contributed by atoms with van der Waals surface area (Å²) in [6.07, 6.45) is 3.46. The lowest BCUT2D eigenvalue weighted by Gasteiger charge is -2.27. The Kier molecular flexibility index (Phi) is 4.98. The van der Waals surface area contributed by atoms with Crippen LogP contribution in [0.5, 0.6) is 5.75 Å². The predicted octanol–water partition coefficient (Wildman–Crippen LogP) is 3.64. The molecule has 1 unspecified atom stereocenters. The molecule has 0 aromatic heterocycles. The summed E-state index contributed by atoms with van der Waals surface area (Å²) in [7, 11) is -5.08. The molecule has 0 radical (unpaired) electrons. The van der Waals surface area contributed by atoms with Gasteiger partial charge in [0.15, 0.2) is 5.75 Å². The molecule has 1 atom stereocenters. The monoisotopic (exact) mass is 447 g/mol. The molecule has 2 aromatic carbocycles. The quantitative estimate of drug-likeness (QED) is 0.665. The number of hydrogen-bond donors (Lipinski definition) is 0. The minimum Gasteiger partial charge on any atom is -0.360 e. The lowest BCUT2D eigenvalue weighted by Crippen LogP contribution is -2.44. The molecule has 1 aliphatic carbocycles. The van der Waals surface area contributed by atoms with Crippen LogP contribution in [0.1, 0.15) is 35.3 Å². The van der Waals surface area contributed by atoms with E-state index in [0.29, 0.717) is 29.3 Å². The maximum atomic E-state index is 13.3. The van der Waals surface area contributed by atoms with Crippen LogP contribution in [-0.4, -0.2) is 25.3 Å². The Balaban J connectivity index is 1.72. The van der Waals surface area contributed by atoms with E-state index in [1.807, 2.05) is 19.9 Å². The van der Waals surface area contributed by atoms with E-state index in [1.54, 1.807) is 18.2 Å². The van der Waals surface area contributed by atoms with E-state index in [-0.39, 0.29) is 22.1 Å². The van der Waals surface area contributed by atoms with E-state index in [4.69, 9.17) is 0 Å². The molecule has 0 bridgehead atoms. The number of imide groups is 1. The van der Waals surface area contributed by atoms with Crippen molar-refractivity contribution in [2.24, 2.45) is 5.92 Å². The number of carbonyl (C=O) groups excluding carboxylic acids is 2. The van der Waals surface area contributed by atoms with Crippen molar-refractivity contribution < 1.29 is 35.3 Å². The molecule has 0 saturated carbocycles. The lowest BCUT2D eigenvalue weighted by molar-refractivity contribution is -0.142. The topological polar surface area (TPSA) is 90.0 Å². The average molecular weight is 447 g/mol. The molecule has 1 heterocycles. The van der Waals surface area contributed by atoms with Gasteiger partial charge >= 0.3 is 10.4 Å². The van der Waals surface area contributed by atoms with Crippen LogP contribution in [0.15, 0.2) is 48.0 Å². The summed E-state index contributed by atoms with van der Waals surface area (Å²) in [4.78, 5) is 25.9. The summed E-state index contributed by atoms with van der Waals surface area (Å²) in [6.45, 7) is 3.72. The number of carbonyl (C=O) groups is 2. The van der Waals surface area contributed by atoms with Gasteiger partial charge < -0.3 is 4.18 Å². The van der Waals surface area contributed by atoms with Crippen molar-refractivity contribution >= 4 is 33.9 Å². The smallest absolute Gasteiger partial charge is 0.360 e. The first-order valence-corrected chi connectivity index (χ1v) is 10.4. The van der Waals surface area contributed by atoms with E-state index in [9.17, 15) is 26.8 Å². The average Bonchev–Trinajstić information content (AvgIpc) is 2.79. The molecular weight excluding hydrogens is 432 g/mol. The predicted molar refractivity (Wildman–Crippen MR) is 105 cm³/mol.